The lowest BCUT2D eigenvalue weighted by Gasteiger charge is -2.62. The van der Waals surface area contributed by atoms with E-state index in [1.54, 1.807) is 64.2 Å². The highest BCUT2D eigenvalue weighted by Gasteiger charge is 2.58. The summed E-state index contributed by atoms with van der Waals surface area (Å²) in [5.41, 5.74) is 6.21. The van der Waals surface area contributed by atoms with Crippen LogP contribution in [0, 0.1) is 70.5 Å². The molecule has 11 rings (SSSR count). The highest BCUT2D eigenvalue weighted by atomic mass is 31.1. The van der Waals surface area contributed by atoms with Crippen molar-refractivity contribution in [2.75, 3.05) is 32.3 Å². The maximum Gasteiger partial charge on any atom is 0.0177 e. The minimum Gasteiger partial charge on any atom is -0.316 e. The Bertz CT molecular complexity index is 1050. The molecule has 0 aromatic rings. The normalized spacial score (nSPS) is 49.1. The summed E-state index contributed by atoms with van der Waals surface area (Å²) < 4.78 is 0. The highest BCUT2D eigenvalue weighted by molar-refractivity contribution is 7.59. The standard InChI is InChI=1S/C41H66N2P2/c1-40(2,3)36-20-33(37(21-36)41(44,34-6-4-8-42-22-34)35-7-5-9-43-23-35)24-45(38-29-12-25-10-26(14-29)15-30(38)13-25)39-31-16-27-11-28(18-31)19-32(39)17-27/h20-21,25-32,34-36,38-39,42-43H,4-19,22-24,44H2,1-3H3. The third kappa shape index (κ3) is 5.47. The third-order valence-electron chi connectivity index (χ3n) is 16.0. The van der Waals surface area contributed by atoms with Crippen molar-refractivity contribution in [1.29, 1.82) is 0 Å². The number of rotatable bonds is 7. The van der Waals surface area contributed by atoms with Crippen molar-refractivity contribution in [3.8, 4) is 0 Å². The van der Waals surface area contributed by atoms with Gasteiger partial charge in [0, 0.05) is 11.1 Å². The fraction of sp³-hybridized carbons (Fsp3) is 0.902. The van der Waals surface area contributed by atoms with E-state index in [-0.39, 0.29) is 13.1 Å². The Kier molecular flexibility index (Phi) is 8.30. The molecule has 8 saturated carbocycles. The van der Waals surface area contributed by atoms with Crippen molar-refractivity contribution < 1.29 is 0 Å². The second-order valence-electron chi connectivity index (χ2n) is 19.7. The van der Waals surface area contributed by atoms with E-state index in [0.717, 1.165) is 70.5 Å². The molecule has 0 aromatic carbocycles. The van der Waals surface area contributed by atoms with Crippen LogP contribution in [0.4, 0.5) is 0 Å². The fourth-order valence-corrected chi connectivity index (χ4v) is 20.0. The van der Waals surface area contributed by atoms with Gasteiger partial charge in [0.2, 0.25) is 0 Å². The van der Waals surface area contributed by atoms with E-state index in [2.05, 4.69) is 52.8 Å². The summed E-state index contributed by atoms with van der Waals surface area (Å²) in [5, 5.41) is 8.00. The molecular weight excluding hydrogens is 582 g/mol. The van der Waals surface area contributed by atoms with Crippen LogP contribution in [-0.4, -0.2) is 48.8 Å². The first-order valence-electron chi connectivity index (χ1n) is 20.1. The molecule has 2 nitrogen and oxygen atoms in total. The molecule has 0 spiro atoms. The zero-order valence-corrected chi connectivity index (χ0v) is 31.2. The first-order valence-corrected chi connectivity index (χ1v) is 22.4. The SMILES string of the molecule is CC(C)(C)C1C=C(CP(C2C3CC4CC(C3)CC2C4)C2C3CC4CC(C3)CC2C4)C(C(P)(C2CCCNC2)C2CCCNC2)=C1. The van der Waals surface area contributed by atoms with Gasteiger partial charge >= 0.3 is 0 Å². The van der Waals surface area contributed by atoms with Gasteiger partial charge in [-0.15, -0.1) is 9.24 Å². The van der Waals surface area contributed by atoms with E-state index in [4.69, 9.17) is 0 Å². The minimum atomic E-state index is 0.0153. The van der Waals surface area contributed by atoms with Crippen molar-refractivity contribution in [3.05, 3.63) is 23.3 Å². The Hall–Kier alpha value is 0.260. The molecular formula is C41H66N2P2. The second-order valence-corrected chi connectivity index (χ2v) is 23.2. The van der Waals surface area contributed by atoms with Crippen LogP contribution in [0.5, 0.6) is 0 Å². The Morgan fingerprint density at radius 3 is 1.49 bits per heavy atom. The van der Waals surface area contributed by atoms with Crippen LogP contribution in [0.1, 0.15) is 111 Å². The van der Waals surface area contributed by atoms with Gasteiger partial charge < -0.3 is 10.6 Å². The maximum atomic E-state index is 3.90. The summed E-state index contributed by atoms with van der Waals surface area (Å²) in [6.45, 7) is 12.4. The van der Waals surface area contributed by atoms with Crippen LogP contribution in [0.2, 0.25) is 0 Å². The molecule has 45 heavy (non-hydrogen) atoms. The van der Waals surface area contributed by atoms with Crippen LogP contribution in [0.15, 0.2) is 23.3 Å². The van der Waals surface area contributed by atoms with Crippen LogP contribution in [-0.2, 0) is 0 Å². The van der Waals surface area contributed by atoms with E-state index in [1.165, 1.54) is 58.0 Å². The number of hydrogen-bond acceptors (Lipinski definition) is 2. The predicted octanol–water partition coefficient (Wildman–Crippen LogP) is 9.26. The van der Waals surface area contributed by atoms with Gasteiger partial charge in [-0.05, 0) is 209 Å². The molecule has 0 aromatic heterocycles. The Labute approximate surface area is 280 Å². The predicted molar refractivity (Wildman–Crippen MR) is 196 cm³/mol. The Balaban J connectivity index is 1.11. The molecule has 4 heteroatoms. The van der Waals surface area contributed by atoms with Crippen molar-refractivity contribution in [2.45, 2.75) is 127 Å². The molecule has 250 valence electrons. The molecule has 0 amide bonds. The highest BCUT2D eigenvalue weighted by Crippen LogP contribution is 2.72. The van der Waals surface area contributed by atoms with E-state index in [9.17, 15) is 0 Å². The smallest absolute Gasteiger partial charge is 0.0177 e. The lowest BCUT2D eigenvalue weighted by atomic mass is 9.55. The summed E-state index contributed by atoms with van der Waals surface area (Å²) in [4.78, 5) is 0. The van der Waals surface area contributed by atoms with Gasteiger partial charge in [-0.3, -0.25) is 0 Å². The molecule has 2 saturated heterocycles. The molecule has 9 aliphatic carbocycles. The quantitative estimate of drug-likeness (QED) is 0.269. The number of piperidine rings is 2. The number of nitrogens with one attached hydrogen (secondary N) is 2. The Morgan fingerprint density at radius 1 is 0.667 bits per heavy atom. The summed E-state index contributed by atoms with van der Waals surface area (Å²) in [7, 11) is 3.70. The number of hydrogen-bond donors (Lipinski definition) is 2. The largest absolute Gasteiger partial charge is 0.316 e. The first-order chi connectivity index (χ1) is 21.7. The van der Waals surface area contributed by atoms with Crippen LogP contribution in [0.25, 0.3) is 0 Å². The molecule has 8 bridgehead atoms. The van der Waals surface area contributed by atoms with E-state index >= 15 is 0 Å². The van der Waals surface area contributed by atoms with E-state index in [0.29, 0.717) is 11.3 Å². The molecule has 2 N–H and O–H groups in total. The average Bonchev–Trinajstić information content (AvgIpc) is 3.46. The van der Waals surface area contributed by atoms with Crippen molar-refractivity contribution in [1.82, 2.24) is 10.6 Å². The average molecular weight is 649 g/mol. The van der Waals surface area contributed by atoms with Gasteiger partial charge in [-0.1, -0.05) is 40.8 Å². The monoisotopic (exact) mass is 648 g/mol. The van der Waals surface area contributed by atoms with Gasteiger partial charge in [0.05, 0.1) is 0 Å². The van der Waals surface area contributed by atoms with Gasteiger partial charge in [-0.25, -0.2) is 0 Å². The lowest BCUT2D eigenvalue weighted by Crippen LogP contribution is -2.53. The lowest BCUT2D eigenvalue weighted by molar-refractivity contribution is 0.0131. The van der Waals surface area contributed by atoms with Gasteiger partial charge in [0.25, 0.3) is 0 Å². The summed E-state index contributed by atoms with van der Waals surface area (Å²) >= 11 is 0. The van der Waals surface area contributed by atoms with Gasteiger partial charge in [0.15, 0.2) is 0 Å². The van der Waals surface area contributed by atoms with E-state index in [1.807, 2.05) is 11.1 Å². The van der Waals surface area contributed by atoms with Crippen molar-refractivity contribution in [2.24, 2.45) is 70.5 Å². The molecule has 2 heterocycles. The maximum absolute atomic E-state index is 3.90. The molecule has 0 radical (unpaired) electrons. The fourth-order valence-electron chi connectivity index (χ4n) is 14.5. The molecule has 4 unspecified atom stereocenters. The van der Waals surface area contributed by atoms with Gasteiger partial charge in [-0.2, -0.15) is 0 Å². The topological polar surface area (TPSA) is 24.1 Å². The third-order valence-corrected chi connectivity index (χ3v) is 21.1. The minimum absolute atomic E-state index is 0.0153. The van der Waals surface area contributed by atoms with Crippen LogP contribution in [0.3, 0.4) is 0 Å². The van der Waals surface area contributed by atoms with Gasteiger partial charge in [0.1, 0.15) is 0 Å². The molecule has 10 fully saturated rings. The summed E-state index contributed by atoms with van der Waals surface area (Å²) in [6, 6.07) is 0. The second kappa shape index (κ2) is 11.9. The molecule has 4 atom stereocenters. The number of allylic oxidation sites excluding steroid dienone is 4. The van der Waals surface area contributed by atoms with Crippen LogP contribution < -0.4 is 10.6 Å². The zero-order valence-electron chi connectivity index (χ0n) is 29.1. The van der Waals surface area contributed by atoms with E-state index < -0.39 is 0 Å². The summed E-state index contributed by atoms with van der Waals surface area (Å²) in [6.07, 6.45) is 28.9. The first kappa shape index (κ1) is 31.3. The van der Waals surface area contributed by atoms with Crippen molar-refractivity contribution >= 4 is 17.2 Å². The molecule has 11 aliphatic rings. The Morgan fingerprint density at radius 2 is 1.11 bits per heavy atom. The van der Waals surface area contributed by atoms with Crippen molar-refractivity contribution in [3.63, 3.8) is 0 Å². The summed E-state index contributed by atoms with van der Waals surface area (Å²) in [5.74, 6) is 10.8. The molecule has 2 aliphatic heterocycles. The zero-order chi connectivity index (χ0) is 30.5. The van der Waals surface area contributed by atoms with Crippen LogP contribution >= 0.6 is 17.2 Å².